The Morgan fingerprint density at radius 3 is 2.79 bits per heavy atom. The lowest BCUT2D eigenvalue weighted by Crippen LogP contribution is -2.33. The molecule has 1 saturated heterocycles. The molecule has 1 aliphatic rings. The molecule has 1 aromatic rings. The van der Waals surface area contributed by atoms with Crippen molar-refractivity contribution < 1.29 is 4.74 Å². The molecular weight excluding hydrogens is 238 g/mol. The van der Waals surface area contributed by atoms with Gasteiger partial charge in [0.15, 0.2) is 0 Å². The van der Waals surface area contributed by atoms with Crippen LogP contribution in [-0.4, -0.2) is 43.2 Å². The normalized spacial score (nSPS) is 16.5. The summed E-state index contributed by atoms with van der Waals surface area (Å²) in [7, 11) is 1.95. The Hall–Kier alpha value is -1.13. The third-order valence-electron chi connectivity index (χ3n) is 3.48. The molecule has 2 rings (SSSR count). The summed E-state index contributed by atoms with van der Waals surface area (Å²) in [6, 6.07) is 4.12. The number of aromatic nitrogens is 1. The summed E-state index contributed by atoms with van der Waals surface area (Å²) in [6.45, 7) is 7.04. The van der Waals surface area contributed by atoms with Crippen molar-refractivity contribution in [3.8, 4) is 5.88 Å². The van der Waals surface area contributed by atoms with E-state index in [2.05, 4.69) is 21.3 Å². The number of nitrogens with zero attached hydrogens (tertiary/aromatic N) is 2. The van der Waals surface area contributed by atoms with E-state index in [1.54, 1.807) is 0 Å². The van der Waals surface area contributed by atoms with Crippen LogP contribution in [0.3, 0.4) is 0 Å². The summed E-state index contributed by atoms with van der Waals surface area (Å²) in [5.41, 5.74) is 2.24. The van der Waals surface area contributed by atoms with Crippen molar-refractivity contribution in [3.63, 3.8) is 0 Å². The smallest absolute Gasteiger partial charge is 0.213 e. The van der Waals surface area contributed by atoms with E-state index in [1.807, 2.05) is 20.0 Å². The van der Waals surface area contributed by atoms with Crippen LogP contribution in [-0.2, 0) is 6.54 Å². The Kier molecular flexibility index (Phi) is 5.61. The van der Waals surface area contributed by atoms with Gasteiger partial charge in [-0.1, -0.05) is 6.42 Å². The largest absolute Gasteiger partial charge is 0.476 e. The van der Waals surface area contributed by atoms with Gasteiger partial charge in [-0.05, 0) is 51.5 Å². The molecule has 1 fully saturated rings. The van der Waals surface area contributed by atoms with Crippen LogP contribution < -0.4 is 10.1 Å². The van der Waals surface area contributed by atoms with Crippen LogP contribution in [0.15, 0.2) is 12.1 Å². The number of hydrogen-bond acceptors (Lipinski definition) is 4. The zero-order chi connectivity index (χ0) is 13.5. The Morgan fingerprint density at radius 2 is 2.05 bits per heavy atom. The number of piperidine rings is 1. The summed E-state index contributed by atoms with van der Waals surface area (Å²) in [5.74, 6) is 0.752. The van der Waals surface area contributed by atoms with Crippen LogP contribution in [0.2, 0.25) is 0 Å². The van der Waals surface area contributed by atoms with Gasteiger partial charge in [-0.25, -0.2) is 4.98 Å². The highest BCUT2D eigenvalue weighted by molar-refractivity contribution is 5.24. The van der Waals surface area contributed by atoms with Gasteiger partial charge in [0.2, 0.25) is 5.88 Å². The molecule has 106 valence electrons. The minimum absolute atomic E-state index is 0.732. The number of pyridine rings is 1. The summed E-state index contributed by atoms with van der Waals surface area (Å²) >= 11 is 0. The van der Waals surface area contributed by atoms with E-state index in [1.165, 1.54) is 37.9 Å². The van der Waals surface area contributed by atoms with Crippen LogP contribution in [0.5, 0.6) is 5.88 Å². The average molecular weight is 263 g/mol. The molecular formula is C15H25N3O. The van der Waals surface area contributed by atoms with E-state index in [0.29, 0.717) is 0 Å². The fourth-order valence-corrected chi connectivity index (χ4v) is 2.55. The van der Waals surface area contributed by atoms with Crippen LogP contribution in [0.4, 0.5) is 0 Å². The van der Waals surface area contributed by atoms with Crippen molar-refractivity contribution in [2.75, 3.05) is 33.3 Å². The molecule has 0 radical (unpaired) electrons. The van der Waals surface area contributed by atoms with Crippen molar-refractivity contribution in [1.29, 1.82) is 0 Å². The maximum absolute atomic E-state index is 5.80. The molecule has 0 bridgehead atoms. The summed E-state index contributed by atoms with van der Waals surface area (Å²) in [4.78, 5) is 6.91. The lowest BCUT2D eigenvalue weighted by Gasteiger charge is -2.26. The van der Waals surface area contributed by atoms with Gasteiger partial charge in [-0.2, -0.15) is 0 Å². The molecule has 2 heterocycles. The number of rotatable bonds is 6. The predicted octanol–water partition coefficient (Wildman–Crippen LogP) is 1.97. The quantitative estimate of drug-likeness (QED) is 0.851. The molecule has 0 amide bonds. The van der Waals surface area contributed by atoms with E-state index < -0.39 is 0 Å². The standard InChI is InChI=1S/C15H25N3O/c1-13-10-14(12-16-2)11-15(17-13)19-9-8-18-6-4-3-5-7-18/h10-11,16H,3-9,12H2,1-2H3. The minimum Gasteiger partial charge on any atom is -0.476 e. The highest BCUT2D eigenvalue weighted by atomic mass is 16.5. The molecule has 19 heavy (non-hydrogen) atoms. The molecule has 0 unspecified atom stereocenters. The first kappa shape index (κ1) is 14.3. The molecule has 0 spiro atoms. The Balaban J connectivity index is 1.81. The van der Waals surface area contributed by atoms with Gasteiger partial charge in [0.25, 0.3) is 0 Å². The van der Waals surface area contributed by atoms with Crippen LogP contribution in [0, 0.1) is 6.92 Å². The van der Waals surface area contributed by atoms with E-state index in [9.17, 15) is 0 Å². The number of likely N-dealkylation sites (tertiary alicyclic amines) is 1. The zero-order valence-electron chi connectivity index (χ0n) is 12.1. The Morgan fingerprint density at radius 1 is 1.26 bits per heavy atom. The van der Waals surface area contributed by atoms with E-state index in [4.69, 9.17) is 4.74 Å². The maximum atomic E-state index is 5.80. The van der Waals surface area contributed by atoms with Crippen molar-refractivity contribution in [1.82, 2.24) is 15.2 Å². The Bertz CT molecular complexity index is 389. The third-order valence-corrected chi connectivity index (χ3v) is 3.48. The predicted molar refractivity (Wildman–Crippen MR) is 77.5 cm³/mol. The fourth-order valence-electron chi connectivity index (χ4n) is 2.55. The monoisotopic (exact) mass is 263 g/mol. The molecule has 4 heteroatoms. The second-order valence-electron chi connectivity index (χ2n) is 5.24. The molecule has 1 N–H and O–H groups in total. The van der Waals surface area contributed by atoms with Gasteiger partial charge >= 0.3 is 0 Å². The van der Waals surface area contributed by atoms with Gasteiger partial charge in [0, 0.05) is 24.8 Å². The Labute approximate surface area is 116 Å². The number of nitrogens with one attached hydrogen (secondary N) is 1. The molecule has 4 nitrogen and oxygen atoms in total. The molecule has 0 aromatic carbocycles. The first-order valence-electron chi connectivity index (χ1n) is 7.25. The first-order chi connectivity index (χ1) is 9.28. The number of ether oxygens (including phenoxy) is 1. The van der Waals surface area contributed by atoms with Gasteiger partial charge in [-0.15, -0.1) is 0 Å². The van der Waals surface area contributed by atoms with Gasteiger partial charge < -0.3 is 10.1 Å². The van der Waals surface area contributed by atoms with E-state index >= 15 is 0 Å². The third kappa shape index (κ3) is 4.80. The zero-order valence-corrected chi connectivity index (χ0v) is 12.1. The van der Waals surface area contributed by atoms with Gasteiger partial charge in [0.05, 0.1) is 0 Å². The SMILES string of the molecule is CNCc1cc(C)nc(OCCN2CCCCC2)c1. The molecule has 0 atom stereocenters. The van der Waals surface area contributed by atoms with Crippen LogP contribution in [0.25, 0.3) is 0 Å². The molecule has 0 saturated carbocycles. The maximum Gasteiger partial charge on any atom is 0.213 e. The summed E-state index contributed by atoms with van der Waals surface area (Å²) in [5, 5.41) is 3.15. The molecule has 0 aliphatic carbocycles. The molecule has 1 aliphatic heterocycles. The lowest BCUT2D eigenvalue weighted by molar-refractivity contribution is 0.180. The first-order valence-corrected chi connectivity index (χ1v) is 7.25. The summed E-state index contributed by atoms with van der Waals surface area (Å²) in [6.07, 6.45) is 4.04. The van der Waals surface area contributed by atoms with Gasteiger partial charge in [-0.3, -0.25) is 4.90 Å². The topological polar surface area (TPSA) is 37.4 Å². The second kappa shape index (κ2) is 7.46. The number of aryl methyl sites for hydroxylation is 1. The van der Waals surface area contributed by atoms with Crippen LogP contribution in [0.1, 0.15) is 30.5 Å². The lowest BCUT2D eigenvalue weighted by atomic mass is 10.1. The minimum atomic E-state index is 0.732. The molecule has 1 aromatic heterocycles. The van der Waals surface area contributed by atoms with Crippen molar-refractivity contribution in [2.24, 2.45) is 0 Å². The van der Waals surface area contributed by atoms with E-state index in [-0.39, 0.29) is 0 Å². The highest BCUT2D eigenvalue weighted by Crippen LogP contribution is 2.13. The van der Waals surface area contributed by atoms with Gasteiger partial charge in [0.1, 0.15) is 6.61 Å². The number of hydrogen-bond donors (Lipinski definition) is 1. The average Bonchev–Trinajstić information content (AvgIpc) is 2.40. The van der Waals surface area contributed by atoms with Crippen molar-refractivity contribution >= 4 is 0 Å². The fraction of sp³-hybridized carbons (Fsp3) is 0.667. The highest BCUT2D eigenvalue weighted by Gasteiger charge is 2.09. The van der Waals surface area contributed by atoms with Crippen LogP contribution >= 0.6 is 0 Å². The summed E-state index contributed by atoms with van der Waals surface area (Å²) < 4.78 is 5.80. The second-order valence-corrected chi connectivity index (χ2v) is 5.24. The van der Waals surface area contributed by atoms with Crippen molar-refractivity contribution in [2.45, 2.75) is 32.7 Å². The van der Waals surface area contributed by atoms with Crippen molar-refractivity contribution in [3.05, 3.63) is 23.4 Å². The van der Waals surface area contributed by atoms with E-state index in [0.717, 1.165) is 31.3 Å².